The number of amides is 2. The van der Waals surface area contributed by atoms with Crippen LogP contribution in [0.4, 0.5) is 5.82 Å². The SMILES string of the molecule is O=C(N[C@H](C(=O)Nc1ccn[nH]1)c1ccccc1)c1ccco1. The van der Waals surface area contributed by atoms with E-state index in [4.69, 9.17) is 4.42 Å². The molecule has 2 amide bonds. The lowest BCUT2D eigenvalue weighted by Crippen LogP contribution is -2.36. The molecule has 0 aliphatic carbocycles. The Hall–Kier alpha value is -3.35. The number of hydrogen-bond acceptors (Lipinski definition) is 4. The first-order chi connectivity index (χ1) is 11.2. The number of carbonyl (C=O) groups excluding carboxylic acids is 2. The van der Waals surface area contributed by atoms with Crippen molar-refractivity contribution in [3.63, 3.8) is 0 Å². The van der Waals surface area contributed by atoms with E-state index in [1.54, 1.807) is 36.4 Å². The van der Waals surface area contributed by atoms with E-state index in [-0.39, 0.29) is 11.7 Å². The second-order valence-corrected chi connectivity index (χ2v) is 4.75. The van der Waals surface area contributed by atoms with Gasteiger partial charge in [-0.05, 0) is 17.7 Å². The van der Waals surface area contributed by atoms with Gasteiger partial charge in [-0.25, -0.2) is 0 Å². The highest BCUT2D eigenvalue weighted by atomic mass is 16.3. The van der Waals surface area contributed by atoms with Crippen molar-refractivity contribution >= 4 is 17.6 Å². The third-order valence-corrected chi connectivity index (χ3v) is 3.17. The summed E-state index contributed by atoms with van der Waals surface area (Å²) in [5, 5.41) is 11.7. The molecule has 116 valence electrons. The molecule has 7 heteroatoms. The molecule has 3 rings (SSSR count). The van der Waals surface area contributed by atoms with Crippen LogP contribution in [0.3, 0.4) is 0 Å². The fraction of sp³-hybridized carbons (Fsp3) is 0.0625. The van der Waals surface area contributed by atoms with Gasteiger partial charge < -0.3 is 15.1 Å². The smallest absolute Gasteiger partial charge is 0.287 e. The van der Waals surface area contributed by atoms with Crippen molar-refractivity contribution in [1.82, 2.24) is 15.5 Å². The molecular formula is C16H14N4O3. The number of rotatable bonds is 5. The number of aromatic amines is 1. The van der Waals surface area contributed by atoms with Gasteiger partial charge >= 0.3 is 0 Å². The molecule has 2 heterocycles. The second kappa shape index (κ2) is 6.61. The average molecular weight is 310 g/mol. The molecule has 0 aliphatic heterocycles. The number of furan rings is 1. The summed E-state index contributed by atoms with van der Waals surface area (Å²) in [6, 6.07) is 12.9. The summed E-state index contributed by atoms with van der Waals surface area (Å²) in [5.41, 5.74) is 0.657. The normalized spacial score (nSPS) is 11.7. The molecule has 7 nitrogen and oxygen atoms in total. The molecule has 0 saturated carbocycles. The minimum absolute atomic E-state index is 0.139. The van der Waals surface area contributed by atoms with Crippen LogP contribution in [0, 0.1) is 0 Å². The van der Waals surface area contributed by atoms with Crippen LogP contribution >= 0.6 is 0 Å². The Morgan fingerprint density at radius 3 is 2.57 bits per heavy atom. The van der Waals surface area contributed by atoms with Gasteiger partial charge in [-0.1, -0.05) is 30.3 Å². The Bertz CT molecular complexity index is 767. The Morgan fingerprint density at radius 1 is 1.09 bits per heavy atom. The van der Waals surface area contributed by atoms with E-state index in [2.05, 4.69) is 20.8 Å². The Labute approximate surface area is 131 Å². The number of hydrogen-bond donors (Lipinski definition) is 3. The minimum atomic E-state index is -0.864. The summed E-state index contributed by atoms with van der Waals surface area (Å²) < 4.78 is 5.06. The Morgan fingerprint density at radius 2 is 1.91 bits per heavy atom. The zero-order valence-electron chi connectivity index (χ0n) is 12.0. The highest BCUT2D eigenvalue weighted by Gasteiger charge is 2.24. The van der Waals surface area contributed by atoms with Gasteiger partial charge in [0.1, 0.15) is 11.9 Å². The number of nitrogens with one attached hydrogen (secondary N) is 3. The third kappa shape index (κ3) is 3.46. The molecule has 0 bridgehead atoms. The van der Waals surface area contributed by atoms with Crippen molar-refractivity contribution in [2.45, 2.75) is 6.04 Å². The predicted octanol–water partition coefficient (Wildman–Crippen LogP) is 2.11. The lowest BCUT2D eigenvalue weighted by Gasteiger charge is -2.17. The molecule has 1 atom stereocenters. The number of benzene rings is 1. The maximum atomic E-state index is 12.5. The number of nitrogens with zero attached hydrogens (tertiary/aromatic N) is 1. The van der Waals surface area contributed by atoms with Crippen molar-refractivity contribution in [3.8, 4) is 0 Å². The third-order valence-electron chi connectivity index (χ3n) is 3.17. The maximum absolute atomic E-state index is 12.5. The van der Waals surface area contributed by atoms with Crippen LogP contribution in [0.2, 0.25) is 0 Å². The molecule has 0 aliphatic rings. The van der Waals surface area contributed by atoms with E-state index in [1.807, 2.05) is 6.07 Å². The summed E-state index contributed by atoms with van der Waals surface area (Å²) in [6.45, 7) is 0. The molecule has 0 unspecified atom stereocenters. The van der Waals surface area contributed by atoms with Crippen LogP contribution in [0.5, 0.6) is 0 Å². The number of H-pyrrole nitrogens is 1. The summed E-state index contributed by atoms with van der Waals surface area (Å²) in [5.74, 6) is -0.271. The van der Waals surface area contributed by atoms with E-state index >= 15 is 0 Å². The highest BCUT2D eigenvalue weighted by molar-refractivity contribution is 6.00. The Kier molecular flexibility index (Phi) is 4.19. The molecular weight excluding hydrogens is 296 g/mol. The second-order valence-electron chi connectivity index (χ2n) is 4.75. The maximum Gasteiger partial charge on any atom is 0.287 e. The van der Waals surface area contributed by atoms with Crippen LogP contribution in [0.25, 0.3) is 0 Å². The molecule has 1 aromatic carbocycles. The standard InChI is InChI=1S/C16H14N4O3/c21-15(12-7-4-10-23-12)19-14(11-5-2-1-3-6-11)16(22)18-13-8-9-17-20-13/h1-10,14H,(H,19,21)(H2,17,18,20,22)/t14-/m0/s1. The van der Waals surface area contributed by atoms with Gasteiger partial charge in [0, 0.05) is 6.07 Å². The lowest BCUT2D eigenvalue weighted by molar-refractivity contribution is -0.118. The molecule has 0 fully saturated rings. The van der Waals surface area contributed by atoms with E-state index in [0.29, 0.717) is 11.4 Å². The van der Waals surface area contributed by atoms with E-state index in [9.17, 15) is 9.59 Å². The van der Waals surface area contributed by atoms with Crippen LogP contribution in [-0.2, 0) is 4.79 Å². The van der Waals surface area contributed by atoms with Crippen molar-refractivity contribution < 1.29 is 14.0 Å². The van der Waals surface area contributed by atoms with Crippen molar-refractivity contribution in [1.29, 1.82) is 0 Å². The Balaban J connectivity index is 1.82. The predicted molar refractivity (Wildman–Crippen MR) is 82.6 cm³/mol. The van der Waals surface area contributed by atoms with Gasteiger partial charge in [0.05, 0.1) is 12.5 Å². The van der Waals surface area contributed by atoms with Gasteiger partial charge in [-0.2, -0.15) is 5.10 Å². The first-order valence-corrected chi connectivity index (χ1v) is 6.93. The monoisotopic (exact) mass is 310 g/mol. The molecule has 3 aromatic rings. The van der Waals surface area contributed by atoms with Crippen LogP contribution < -0.4 is 10.6 Å². The van der Waals surface area contributed by atoms with Crippen molar-refractivity contribution in [2.75, 3.05) is 5.32 Å². The van der Waals surface area contributed by atoms with Gasteiger partial charge in [-0.3, -0.25) is 14.7 Å². The summed E-state index contributed by atoms with van der Waals surface area (Å²) in [4.78, 5) is 24.7. The van der Waals surface area contributed by atoms with Gasteiger partial charge in [-0.15, -0.1) is 0 Å². The van der Waals surface area contributed by atoms with Gasteiger partial charge in [0.2, 0.25) is 0 Å². The molecule has 2 aromatic heterocycles. The fourth-order valence-corrected chi connectivity index (χ4v) is 2.09. The average Bonchev–Trinajstić information content (AvgIpc) is 3.26. The molecule has 3 N–H and O–H groups in total. The largest absolute Gasteiger partial charge is 0.459 e. The fourth-order valence-electron chi connectivity index (χ4n) is 2.09. The van der Waals surface area contributed by atoms with Crippen LogP contribution in [0.15, 0.2) is 65.4 Å². The van der Waals surface area contributed by atoms with Gasteiger partial charge in [0.15, 0.2) is 5.76 Å². The van der Waals surface area contributed by atoms with E-state index in [1.165, 1.54) is 18.5 Å². The minimum Gasteiger partial charge on any atom is -0.459 e. The highest BCUT2D eigenvalue weighted by Crippen LogP contribution is 2.16. The number of aromatic nitrogens is 2. The zero-order chi connectivity index (χ0) is 16.1. The summed E-state index contributed by atoms with van der Waals surface area (Å²) in [7, 11) is 0. The van der Waals surface area contributed by atoms with Gasteiger partial charge in [0.25, 0.3) is 11.8 Å². The van der Waals surface area contributed by atoms with E-state index in [0.717, 1.165) is 0 Å². The van der Waals surface area contributed by atoms with E-state index < -0.39 is 11.9 Å². The van der Waals surface area contributed by atoms with Crippen LogP contribution in [-0.4, -0.2) is 22.0 Å². The first-order valence-electron chi connectivity index (χ1n) is 6.93. The molecule has 0 radical (unpaired) electrons. The number of anilines is 1. The van der Waals surface area contributed by atoms with Crippen LogP contribution in [0.1, 0.15) is 22.2 Å². The summed E-state index contributed by atoms with van der Waals surface area (Å²) >= 11 is 0. The first kappa shape index (κ1) is 14.6. The van der Waals surface area contributed by atoms with Crippen molar-refractivity contribution in [2.24, 2.45) is 0 Å². The molecule has 23 heavy (non-hydrogen) atoms. The topological polar surface area (TPSA) is 100 Å². The number of carbonyl (C=O) groups is 2. The molecule has 0 spiro atoms. The molecule has 0 saturated heterocycles. The summed E-state index contributed by atoms with van der Waals surface area (Å²) in [6.07, 6.45) is 2.92. The van der Waals surface area contributed by atoms with Crippen molar-refractivity contribution in [3.05, 3.63) is 72.3 Å². The lowest BCUT2D eigenvalue weighted by atomic mass is 10.1. The zero-order valence-corrected chi connectivity index (χ0v) is 12.0. The quantitative estimate of drug-likeness (QED) is 0.672.